The maximum Gasteiger partial charge on any atom is 0.138 e. The molecular formula is C16H26N2O. The SMILES string of the molecule is Cc1ccc(OC2(CCNCC(C)C)CCC2)cn1. The normalized spacial score (nSPS) is 17.3. The number of nitrogens with one attached hydrogen (secondary N) is 1. The van der Waals surface area contributed by atoms with E-state index in [1.54, 1.807) is 0 Å². The van der Waals surface area contributed by atoms with Crippen LogP contribution >= 0.6 is 0 Å². The zero-order chi connectivity index (χ0) is 13.7. The van der Waals surface area contributed by atoms with Crippen LogP contribution in [-0.4, -0.2) is 23.7 Å². The van der Waals surface area contributed by atoms with Crippen LogP contribution in [-0.2, 0) is 0 Å². The van der Waals surface area contributed by atoms with E-state index in [1.165, 1.54) is 19.3 Å². The Balaban J connectivity index is 1.82. The highest BCUT2D eigenvalue weighted by Gasteiger charge is 2.38. The summed E-state index contributed by atoms with van der Waals surface area (Å²) in [6.07, 6.45) is 6.56. The van der Waals surface area contributed by atoms with Crippen LogP contribution in [0, 0.1) is 12.8 Å². The summed E-state index contributed by atoms with van der Waals surface area (Å²) in [5, 5.41) is 3.51. The fraction of sp³-hybridized carbons (Fsp3) is 0.688. The second-order valence-electron chi connectivity index (χ2n) is 6.12. The summed E-state index contributed by atoms with van der Waals surface area (Å²) in [6.45, 7) is 8.60. The lowest BCUT2D eigenvalue weighted by molar-refractivity contribution is -0.0146. The van der Waals surface area contributed by atoms with Gasteiger partial charge in [-0.1, -0.05) is 13.8 Å². The molecule has 0 radical (unpaired) electrons. The minimum atomic E-state index is 0.0565. The maximum absolute atomic E-state index is 6.20. The fourth-order valence-corrected chi connectivity index (χ4v) is 2.45. The summed E-state index contributed by atoms with van der Waals surface area (Å²) < 4.78 is 6.20. The van der Waals surface area contributed by atoms with E-state index in [1.807, 2.05) is 25.3 Å². The van der Waals surface area contributed by atoms with Crippen molar-refractivity contribution in [2.24, 2.45) is 5.92 Å². The lowest BCUT2D eigenvalue weighted by atomic mass is 9.77. The molecule has 19 heavy (non-hydrogen) atoms. The smallest absolute Gasteiger partial charge is 0.138 e. The van der Waals surface area contributed by atoms with Gasteiger partial charge in [0.25, 0.3) is 0 Å². The monoisotopic (exact) mass is 262 g/mol. The summed E-state index contributed by atoms with van der Waals surface area (Å²) in [4.78, 5) is 4.30. The van der Waals surface area contributed by atoms with Crippen molar-refractivity contribution in [2.45, 2.75) is 52.1 Å². The van der Waals surface area contributed by atoms with Crippen LogP contribution in [0.4, 0.5) is 0 Å². The zero-order valence-corrected chi connectivity index (χ0v) is 12.4. The maximum atomic E-state index is 6.20. The number of pyridine rings is 1. The number of nitrogens with zero attached hydrogens (tertiary/aromatic N) is 1. The topological polar surface area (TPSA) is 34.1 Å². The van der Waals surface area contributed by atoms with Crippen molar-refractivity contribution >= 4 is 0 Å². The second-order valence-corrected chi connectivity index (χ2v) is 6.12. The average molecular weight is 262 g/mol. The van der Waals surface area contributed by atoms with E-state index in [0.717, 1.165) is 31.0 Å². The summed E-state index contributed by atoms with van der Waals surface area (Å²) in [5.74, 6) is 1.62. The molecule has 1 aromatic heterocycles. The number of aromatic nitrogens is 1. The summed E-state index contributed by atoms with van der Waals surface area (Å²) in [6, 6.07) is 4.04. The van der Waals surface area contributed by atoms with Crippen LogP contribution in [0.1, 0.15) is 45.2 Å². The Morgan fingerprint density at radius 1 is 1.37 bits per heavy atom. The van der Waals surface area contributed by atoms with Gasteiger partial charge in [0.1, 0.15) is 11.4 Å². The highest BCUT2D eigenvalue weighted by molar-refractivity contribution is 5.20. The Morgan fingerprint density at radius 3 is 2.68 bits per heavy atom. The lowest BCUT2D eigenvalue weighted by Gasteiger charge is -2.42. The third-order valence-electron chi connectivity index (χ3n) is 3.79. The molecule has 0 spiro atoms. The van der Waals surface area contributed by atoms with Gasteiger partial charge >= 0.3 is 0 Å². The molecule has 1 aliphatic rings. The number of rotatable bonds is 7. The van der Waals surface area contributed by atoms with Crippen LogP contribution in [0.3, 0.4) is 0 Å². The molecule has 1 fully saturated rings. The summed E-state index contributed by atoms with van der Waals surface area (Å²) in [7, 11) is 0. The molecule has 0 bridgehead atoms. The molecule has 0 aliphatic heterocycles. The predicted octanol–water partition coefficient (Wildman–Crippen LogP) is 3.33. The first-order valence-corrected chi connectivity index (χ1v) is 7.42. The van der Waals surface area contributed by atoms with Gasteiger partial charge in [-0.15, -0.1) is 0 Å². The molecule has 3 nitrogen and oxygen atoms in total. The standard InChI is InChI=1S/C16H26N2O/c1-13(2)11-17-10-9-16(7-4-8-16)19-15-6-5-14(3)18-12-15/h5-6,12-13,17H,4,7-11H2,1-3H3. The minimum Gasteiger partial charge on any atom is -0.486 e. The van der Waals surface area contributed by atoms with Crippen LogP contribution in [0.15, 0.2) is 18.3 Å². The van der Waals surface area contributed by atoms with E-state index < -0.39 is 0 Å². The second kappa shape index (κ2) is 6.38. The molecule has 106 valence electrons. The first-order valence-electron chi connectivity index (χ1n) is 7.42. The Labute approximate surface area is 116 Å². The van der Waals surface area contributed by atoms with Gasteiger partial charge in [-0.2, -0.15) is 0 Å². The number of hydrogen-bond donors (Lipinski definition) is 1. The number of aryl methyl sites for hydroxylation is 1. The van der Waals surface area contributed by atoms with Crippen LogP contribution < -0.4 is 10.1 Å². The van der Waals surface area contributed by atoms with Gasteiger partial charge in [0.05, 0.1) is 6.20 Å². The van der Waals surface area contributed by atoms with Crippen molar-refractivity contribution in [1.82, 2.24) is 10.3 Å². The van der Waals surface area contributed by atoms with E-state index in [-0.39, 0.29) is 5.60 Å². The quantitative estimate of drug-likeness (QED) is 0.765. The molecule has 0 unspecified atom stereocenters. The molecule has 1 aromatic rings. The molecule has 0 atom stereocenters. The molecule has 1 aliphatic carbocycles. The molecule has 1 heterocycles. The Kier molecular flexibility index (Phi) is 4.81. The van der Waals surface area contributed by atoms with Gasteiger partial charge in [-0.3, -0.25) is 4.98 Å². The van der Waals surface area contributed by atoms with Crippen molar-refractivity contribution in [3.63, 3.8) is 0 Å². The van der Waals surface area contributed by atoms with E-state index in [2.05, 4.69) is 24.1 Å². The first-order chi connectivity index (χ1) is 9.10. The largest absolute Gasteiger partial charge is 0.486 e. The molecule has 1 saturated carbocycles. The van der Waals surface area contributed by atoms with Gasteiger partial charge in [0.15, 0.2) is 0 Å². The Morgan fingerprint density at radius 2 is 2.16 bits per heavy atom. The van der Waals surface area contributed by atoms with Crippen LogP contribution in [0.25, 0.3) is 0 Å². The zero-order valence-electron chi connectivity index (χ0n) is 12.4. The summed E-state index contributed by atoms with van der Waals surface area (Å²) >= 11 is 0. The van der Waals surface area contributed by atoms with Gasteiger partial charge in [-0.05, 0) is 63.7 Å². The van der Waals surface area contributed by atoms with Crippen molar-refractivity contribution < 1.29 is 4.74 Å². The van der Waals surface area contributed by atoms with Crippen molar-refractivity contribution in [3.8, 4) is 5.75 Å². The van der Waals surface area contributed by atoms with Gasteiger partial charge in [0, 0.05) is 5.69 Å². The third kappa shape index (κ3) is 4.20. The molecule has 2 rings (SSSR count). The van der Waals surface area contributed by atoms with Crippen molar-refractivity contribution in [3.05, 3.63) is 24.0 Å². The minimum absolute atomic E-state index is 0.0565. The highest BCUT2D eigenvalue weighted by Crippen LogP contribution is 2.39. The van der Waals surface area contributed by atoms with Gasteiger partial charge in [-0.25, -0.2) is 0 Å². The number of ether oxygens (including phenoxy) is 1. The molecule has 3 heteroatoms. The molecule has 0 amide bonds. The van der Waals surface area contributed by atoms with Crippen molar-refractivity contribution in [1.29, 1.82) is 0 Å². The van der Waals surface area contributed by atoms with Gasteiger partial charge < -0.3 is 10.1 Å². The van der Waals surface area contributed by atoms with E-state index in [4.69, 9.17) is 4.74 Å². The highest BCUT2D eigenvalue weighted by atomic mass is 16.5. The van der Waals surface area contributed by atoms with E-state index in [0.29, 0.717) is 5.92 Å². The predicted molar refractivity (Wildman–Crippen MR) is 78.5 cm³/mol. The Hall–Kier alpha value is -1.09. The molecule has 0 saturated heterocycles. The Bertz CT molecular complexity index is 382. The molecular weight excluding hydrogens is 236 g/mol. The molecule has 0 aromatic carbocycles. The first kappa shape index (κ1) is 14.3. The number of hydrogen-bond acceptors (Lipinski definition) is 3. The average Bonchev–Trinajstić information content (AvgIpc) is 2.33. The van der Waals surface area contributed by atoms with Crippen molar-refractivity contribution in [2.75, 3.05) is 13.1 Å². The van der Waals surface area contributed by atoms with Gasteiger partial charge in [0.2, 0.25) is 0 Å². The van der Waals surface area contributed by atoms with E-state index in [9.17, 15) is 0 Å². The molecule has 1 N–H and O–H groups in total. The fourth-order valence-electron chi connectivity index (χ4n) is 2.45. The van der Waals surface area contributed by atoms with Crippen LogP contribution in [0.2, 0.25) is 0 Å². The summed E-state index contributed by atoms with van der Waals surface area (Å²) in [5.41, 5.74) is 1.09. The lowest BCUT2D eigenvalue weighted by Crippen LogP contribution is -2.45. The van der Waals surface area contributed by atoms with Crippen LogP contribution in [0.5, 0.6) is 5.75 Å². The van der Waals surface area contributed by atoms with E-state index >= 15 is 0 Å². The third-order valence-corrected chi connectivity index (χ3v) is 3.79.